The van der Waals surface area contributed by atoms with Gasteiger partial charge in [0.25, 0.3) is 0 Å². The van der Waals surface area contributed by atoms with E-state index in [-0.39, 0.29) is 5.38 Å². The van der Waals surface area contributed by atoms with Gasteiger partial charge in [0.05, 0.1) is 0 Å². The average molecular weight is 250 g/mol. The molecule has 4 heteroatoms. The fraction of sp³-hybridized carbons (Fsp3) is 0.750. The molecule has 0 amide bonds. The van der Waals surface area contributed by atoms with Gasteiger partial charge >= 0.3 is 0 Å². The maximum Gasteiger partial charge on any atom is 0.192 e. The normalized spacial score (nSPS) is 17.1. The van der Waals surface area contributed by atoms with Crippen molar-refractivity contribution in [3.05, 3.63) is 12.7 Å². The third-order valence-electron chi connectivity index (χ3n) is 1.58. The van der Waals surface area contributed by atoms with Crippen LogP contribution >= 0.6 is 46.4 Å². The smallest absolute Gasteiger partial charge is 0.123 e. The van der Waals surface area contributed by atoms with Crippen LogP contribution in [0.1, 0.15) is 19.8 Å². The molecule has 0 rings (SSSR count). The van der Waals surface area contributed by atoms with Crippen LogP contribution in [-0.4, -0.2) is 9.17 Å². The van der Waals surface area contributed by atoms with Crippen LogP contribution in [0.2, 0.25) is 0 Å². The summed E-state index contributed by atoms with van der Waals surface area (Å²) in [5.41, 5.74) is 0. The van der Waals surface area contributed by atoms with Gasteiger partial charge in [-0.1, -0.05) is 47.8 Å². The molecule has 0 N–H and O–H groups in total. The summed E-state index contributed by atoms with van der Waals surface area (Å²) in [4.78, 5) is 0. The van der Waals surface area contributed by atoms with Crippen molar-refractivity contribution in [2.45, 2.75) is 28.9 Å². The molecule has 12 heavy (non-hydrogen) atoms. The van der Waals surface area contributed by atoms with E-state index in [2.05, 4.69) is 6.58 Å². The zero-order valence-electron chi connectivity index (χ0n) is 6.87. The molecule has 0 fully saturated rings. The second-order valence-corrected chi connectivity index (χ2v) is 5.91. The van der Waals surface area contributed by atoms with Crippen LogP contribution < -0.4 is 0 Å². The van der Waals surface area contributed by atoms with E-state index in [1.165, 1.54) is 0 Å². The minimum absolute atomic E-state index is 0.115. The van der Waals surface area contributed by atoms with Crippen molar-refractivity contribution >= 4 is 46.4 Å². The zero-order valence-corrected chi connectivity index (χ0v) is 9.89. The first-order valence-electron chi connectivity index (χ1n) is 3.68. The van der Waals surface area contributed by atoms with Crippen molar-refractivity contribution in [3.63, 3.8) is 0 Å². The van der Waals surface area contributed by atoms with Crippen molar-refractivity contribution in [3.8, 4) is 0 Å². The maximum atomic E-state index is 5.99. The third-order valence-corrected chi connectivity index (χ3v) is 2.63. The molecule has 0 nitrogen and oxygen atoms in total. The van der Waals surface area contributed by atoms with Crippen LogP contribution in [0.5, 0.6) is 0 Å². The first kappa shape index (κ1) is 12.9. The second kappa shape index (κ2) is 5.59. The summed E-state index contributed by atoms with van der Waals surface area (Å²) in [6, 6.07) is 0. The molecule has 0 bridgehead atoms. The summed E-state index contributed by atoms with van der Waals surface area (Å²) in [7, 11) is 0. The molecule has 0 aromatic carbocycles. The minimum atomic E-state index is -1.25. The first-order chi connectivity index (χ1) is 5.37. The molecule has 0 heterocycles. The second-order valence-electron chi connectivity index (χ2n) is 2.84. The lowest BCUT2D eigenvalue weighted by atomic mass is 10.0. The van der Waals surface area contributed by atoms with Gasteiger partial charge in [-0.2, -0.15) is 0 Å². The Morgan fingerprint density at radius 3 is 2.25 bits per heavy atom. The standard InChI is InChI=1S/C8H12Cl4/c1-3-4-6(2)7(9)5-8(10,11)12/h3,6-7H,1,4-5H2,2H3. The van der Waals surface area contributed by atoms with Gasteiger partial charge in [0.15, 0.2) is 3.79 Å². The number of alkyl halides is 4. The quantitative estimate of drug-likeness (QED) is 0.506. The van der Waals surface area contributed by atoms with E-state index in [1.54, 1.807) is 0 Å². The minimum Gasteiger partial charge on any atom is -0.123 e. The SMILES string of the molecule is C=CCC(C)C(Cl)CC(Cl)(Cl)Cl. The zero-order chi connectivity index (χ0) is 9.78. The number of allylic oxidation sites excluding steroid dienone is 1. The van der Waals surface area contributed by atoms with E-state index >= 15 is 0 Å². The molecule has 0 aromatic rings. The lowest BCUT2D eigenvalue weighted by Gasteiger charge is -2.20. The number of halogens is 4. The van der Waals surface area contributed by atoms with Crippen molar-refractivity contribution in [1.29, 1.82) is 0 Å². The van der Waals surface area contributed by atoms with Gasteiger partial charge in [0, 0.05) is 11.8 Å². The average Bonchev–Trinajstić information content (AvgIpc) is 1.84. The van der Waals surface area contributed by atoms with Crippen molar-refractivity contribution in [2.75, 3.05) is 0 Å². The predicted molar refractivity (Wildman–Crippen MR) is 58.5 cm³/mol. The van der Waals surface area contributed by atoms with Gasteiger partial charge in [-0.25, -0.2) is 0 Å². The summed E-state index contributed by atoms with van der Waals surface area (Å²) >= 11 is 22.8. The number of rotatable bonds is 4. The van der Waals surface area contributed by atoms with Crippen LogP contribution in [0.4, 0.5) is 0 Å². The van der Waals surface area contributed by atoms with E-state index < -0.39 is 3.79 Å². The van der Waals surface area contributed by atoms with E-state index in [0.717, 1.165) is 6.42 Å². The van der Waals surface area contributed by atoms with Gasteiger partial charge in [0.1, 0.15) is 0 Å². The molecule has 0 saturated heterocycles. The van der Waals surface area contributed by atoms with Crippen molar-refractivity contribution in [2.24, 2.45) is 5.92 Å². The van der Waals surface area contributed by atoms with Gasteiger partial charge in [0.2, 0.25) is 0 Å². The molecule has 0 aliphatic carbocycles. The topological polar surface area (TPSA) is 0 Å². The fourth-order valence-electron chi connectivity index (χ4n) is 0.833. The molecule has 2 atom stereocenters. The summed E-state index contributed by atoms with van der Waals surface area (Å²) in [6.45, 7) is 5.63. The molecule has 0 spiro atoms. The lowest BCUT2D eigenvalue weighted by molar-refractivity contribution is 0.530. The predicted octanol–water partition coefficient (Wildman–Crippen LogP) is 4.57. The number of hydrogen-bond acceptors (Lipinski definition) is 0. The third kappa shape index (κ3) is 6.42. The van der Waals surface area contributed by atoms with Crippen LogP contribution in [-0.2, 0) is 0 Å². The van der Waals surface area contributed by atoms with Gasteiger partial charge in [-0.15, -0.1) is 18.2 Å². The summed E-state index contributed by atoms with van der Waals surface area (Å²) in [5.74, 6) is 0.291. The molecule has 0 saturated carbocycles. The van der Waals surface area contributed by atoms with E-state index in [1.807, 2.05) is 13.0 Å². The monoisotopic (exact) mass is 248 g/mol. The van der Waals surface area contributed by atoms with E-state index in [9.17, 15) is 0 Å². The Balaban J connectivity index is 3.86. The van der Waals surface area contributed by atoms with Crippen LogP contribution in [0.3, 0.4) is 0 Å². The molecular formula is C8H12Cl4. The highest BCUT2D eigenvalue weighted by atomic mass is 35.6. The molecule has 0 aromatic heterocycles. The lowest BCUT2D eigenvalue weighted by Crippen LogP contribution is -2.18. The molecule has 72 valence electrons. The molecular weight excluding hydrogens is 238 g/mol. The van der Waals surface area contributed by atoms with E-state index in [4.69, 9.17) is 46.4 Å². The fourth-order valence-corrected chi connectivity index (χ4v) is 1.90. The Kier molecular flexibility index (Phi) is 6.01. The Labute approximate surface area is 93.8 Å². The Morgan fingerprint density at radius 1 is 1.42 bits per heavy atom. The van der Waals surface area contributed by atoms with Gasteiger partial charge < -0.3 is 0 Å². The van der Waals surface area contributed by atoms with Crippen LogP contribution in [0, 0.1) is 5.92 Å². The van der Waals surface area contributed by atoms with Gasteiger partial charge in [-0.3, -0.25) is 0 Å². The van der Waals surface area contributed by atoms with Crippen LogP contribution in [0.15, 0.2) is 12.7 Å². The van der Waals surface area contributed by atoms with Crippen LogP contribution in [0.25, 0.3) is 0 Å². The van der Waals surface area contributed by atoms with Crippen molar-refractivity contribution in [1.82, 2.24) is 0 Å². The first-order valence-corrected chi connectivity index (χ1v) is 5.25. The largest absolute Gasteiger partial charge is 0.192 e. The highest BCUT2D eigenvalue weighted by Gasteiger charge is 2.26. The highest BCUT2D eigenvalue weighted by molar-refractivity contribution is 6.67. The summed E-state index contributed by atoms with van der Waals surface area (Å²) in [6.07, 6.45) is 3.03. The Morgan fingerprint density at radius 2 is 1.92 bits per heavy atom. The maximum absolute atomic E-state index is 5.99. The molecule has 0 aliphatic rings. The highest BCUT2D eigenvalue weighted by Crippen LogP contribution is 2.35. The van der Waals surface area contributed by atoms with E-state index in [0.29, 0.717) is 12.3 Å². The molecule has 2 unspecified atom stereocenters. The molecule has 0 radical (unpaired) electrons. The molecule has 0 aliphatic heterocycles. The summed E-state index contributed by atoms with van der Waals surface area (Å²) in [5, 5.41) is -0.115. The Bertz CT molecular complexity index is 138. The summed E-state index contributed by atoms with van der Waals surface area (Å²) < 4.78 is -1.25. The van der Waals surface area contributed by atoms with Crippen molar-refractivity contribution < 1.29 is 0 Å². The Hall–Kier alpha value is 0.900. The number of hydrogen-bond donors (Lipinski definition) is 0. The van der Waals surface area contributed by atoms with Gasteiger partial charge in [-0.05, 0) is 12.3 Å².